The maximum absolute atomic E-state index is 4.71. The average molecular weight is 114 g/mol. The van der Waals surface area contributed by atoms with Crippen LogP contribution in [0.25, 0.3) is 0 Å². The van der Waals surface area contributed by atoms with Gasteiger partial charge in [-0.25, -0.2) is 0 Å². The quantitative estimate of drug-likeness (QED) is 0.346. The highest BCUT2D eigenvalue weighted by Crippen LogP contribution is 2.04. The zero-order valence-corrected chi connectivity index (χ0v) is 5.85. The summed E-state index contributed by atoms with van der Waals surface area (Å²) in [6.07, 6.45) is 4.58. The number of hydrogen-bond donors (Lipinski definition) is 0. The van der Waals surface area contributed by atoms with E-state index in [-0.39, 0.29) is 0 Å². The van der Waals surface area contributed by atoms with E-state index in [9.17, 15) is 0 Å². The van der Waals surface area contributed by atoms with Gasteiger partial charge in [0, 0.05) is 0 Å². The fourth-order valence-electron chi connectivity index (χ4n) is 0.0962. The summed E-state index contributed by atoms with van der Waals surface area (Å²) >= 11 is 0. The molecule has 1 atom stereocenters. The maximum atomic E-state index is 4.71. The Morgan fingerprint density at radius 3 is 1.62 bits per heavy atom. The van der Waals surface area contributed by atoms with E-state index >= 15 is 0 Å². The summed E-state index contributed by atoms with van der Waals surface area (Å²) in [6, 6.07) is 0. The topological polar surface area (TPSA) is 12.5 Å². The van der Waals surface area contributed by atoms with Crippen LogP contribution in [0.4, 0.5) is 0 Å². The summed E-state index contributed by atoms with van der Waals surface area (Å²) in [7, 11) is 0. The third-order valence-electron chi connectivity index (χ3n) is 0.833. The SMILES string of the molecule is CC1CO1.CC=CC. The normalized spacial score (nSPS) is 24.6. The first-order valence-corrected chi connectivity index (χ1v) is 3.00. The Morgan fingerprint density at radius 2 is 1.62 bits per heavy atom. The molecule has 1 aliphatic heterocycles. The molecule has 1 heterocycles. The minimum absolute atomic E-state index is 0.583. The van der Waals surface area contributed by atoms with E-state index in [2.05, 4.69) is 6.92 Å². The van der Waals surface area contributed by atoms with Gasteiger partial charge in [0.1, 0.15) is 0 Å². The smallest absolute Gasteiger partial charge is 0.0781 e. The van der Waals surface area contributed by atoms with Crippen LogP contribution in [0.15, 0.2) is 12.2 Å². The van der Waals surface area contributed by atoms with Gasteiger partial charge in [0.25, 0.3) is 0 Å². The van der Waals surface area contributed by atoms with Gasteiger partial charge in [-0.2, -0.15) is 0 Å². The van der Waals surface area contributed by atoms with Crippen LogP contribution in [-0.4, -0.2) is 12.7 Å². The highest BCUT2D eigenvalue weighted by atomic mass is 16.6. The predicted octanol–water partition coefficient (Wildman–Crippen LogP) is 1.99. The Morgan fingerprint density at radius 1 is 1.38 bits per heavy atom. The fraction of sp³-hybridized carbons (Fsp3) is 0.714. The Balaban J connectivity index is 0.000000122. The van der Waals surface area contributed by atoms with Gasteiger partial charge in [-0.05, 0) is 20.8 Å². The summed E-state index contributed by atoms with van der Waals surface area (Å²) in [4.78, 5) is 0. The van der Waals surface area contributed by atoms with Crippen LogP contribution in [0.1, 0.15) is 20.8 Å². The molecule has 48 valence electrons. The monoisotopic (exact) mass is 114 g/mol. The zero-order valence-electron chi connectivity index (χ0n) is 5.85. The van der Waals surface area contributed by atoms with E-state index in [4.69, 9.17) is 4.74 Å². The van der Waals surface area contributed by atoms with Crippen LogP contribution in [0.2, 0.25) is 0 Å². The second kappa shape index (κ2) is 4.85. The lowest BCUT2D eigenvalue weighted by Crippen LogP contribution is -1.60. The second-order valence-corrected chi connectivity index (χ2v) is 1.81. The highest BCUT2D eigenvalue weighted by molar-refractivity contribution is 4.68. The first-order chi connectivity index (χ1) is 3.81. The fourth-order valence-corrected chi connectivity index (χ4v) is 0.0962. The van der Waals surface area contributed by atoms with E-state index in [0.29, 0.717) is 6.10 Å². The van der Waals surface area contributed by atoms with E-state index < -0.39 is 0 Å². The molecule has 1 saturated heterocycles. The number of rotatable bonds is 0. The molecule has 0 bridgehead atoms. The van der Waals surface area contributed by atoms with Crippen molar-refractivity contribution in [1.82, 2.24) is 0 Å². The van der Waals surface area contributed by atoms with Crippen molar-refractivity contribution < 1.29 is 4.74 Å². The van der Waals surface area contributed by atoms with Gasteiger partial charge in [0.15, 0.2) is 0 Å². The van der Waals surface area contributed by atoms with Gasteiger partial charge in [-0.15, -0.1) is 0 Å². The Bertz CT molecular complexity index is 58.8. The van der Waals surface area contributed by atoms with Crippen LogP contribution in [0.5, 0.6) is 0 Å². The molecule has 1 aliphatic rings. The number of epoxide rings is 1. The lowest BCUT2D eigenvalue weighted by molar-refractivity contribution is 0.423. The molecule has 1 rings (SSSR count). The number of hydrogen-bond acceptors (Lipinski definition) is 1. The van der Waals surface area contributed by atoms with Crippen molar-refractivity contribution in [3.63, 3.8) is 0 Å². The Hall–Kier alpha value is -0.300. The molecule has 0 amide bonds. The van der Waals surface area contributed by atoms with Gasteiger partial charge >= 0.3 is 0 Å². The minimum atomic E-state index is 0.583. The van der Waals surface area contributed by atoms with Crippen molar-refractivity contribution in [2.75, 3.05) is 6.61 Å². The zero-order chi connectivity index (χ0) is 6.41. The molecule has 0 aromatic carbocycles. The number of allylic oxidation sites excluding steroid dienone is 2. The second-order valence-electron chi connectivity index (χ2n) is 1.81. The highest BCUT2D eigenvalue weighted by Gasteiger charge is 2.13. The molecule has 0 radical (unpaired) electrons. The lowest BCUT2D eigenvalue weighted by atomic mass is 10.6. The summed E-state index contributed by atoms with van der Waals surface area (Å²) in [5.41, 5.74) is 0. The van der Waals surface area contributed by atoms with Crippen LogP contribution in [-0.2, 0) is 4.74 Å². The van der Waals surface area contributed by atoms with Crippen molar-refractivity contribution in [2.45, 2.75) is 26.9 Å². The summed E-state index contributed by atoms with van der Waals surface area (Å²) < 4.78 is 4.71. The van der Waals surface area contributed by atoms with E-state index in [1.165, 1.54) is 0 Å². The van der Waals surface area contributed by atoms with Crippen LogP contribution in [0, 0.1) is 0 Å². The molecule has 1 heteroatoms. The van der Waals surface area contributed by atoms with Gasteiger partial charge in [0.2, 0.25) is 0 Å². The summed E-state index contributed by atoms with van der Waals surface area (Å²) in [6.45, 7) is 7.04. The molecule has 0 saturated carbocycles. The van der Waals surface area contributed by atoms with Gasteiger partial charge in [-0.1, -0.05) is 12.2 Å². The molecule has 0 aliphatic carbocycles. The van der Waals surface area contributed by atoms with Crippen molar-refractivity contribution in [1.29, 1.82) is 0 Å². The third-order valence-corrected chi connectivity index (χ3v) is 0.833. The standard InChI is InChI=1S/C4H8.C3H6O/c1-3-4-2;1-3-2-4-3/h3-4H,1-2H3;3H,2H2,1H3. The molecule has 0 aromatic heterocycles. The van der Waals surface area contributed by atoms with Gasteiger partial charge < -0.3 is 4.74 Å². The van der Waals surface area contributed by atoms with Crippen molar-refractivity contribution in [3.8, 4) is 0 Å². The molecule has 1 unspecified atom stereocenters. The van der Waals surface area contributed by atoms with Crippen LogP contribution < -0.4 is 0 Å². The molecular weight excluding hydrogens is 100 g/mol. The van der Waals surface area contributed by atoms with Crippen molar-refractivity contribution in [2.24, 2.45) is 0 Å². The van der Waals surface area contributed by atoms with E-state index in [1.54, 1.807) is 0 Å². The third kappa shape index (κ3) is 9.20. The minimum Gasteiger partial charge on any atom is -0.373 e. The van der Waals surface area contributed by atoms with Gasteiger partial charge in [0.05, 0.1) is 12.7 Å². The molecule has 0 spiro atoms. The Labute approximate surface area is 51.4 Å². The van der Waals surface area contributed by atoms with E-state index in [1.807, 2.05) is 26.0 Å². The average Bonchev–Trinajstić information content (AvgIpc) is 2.52. The number of ether oxygens (including phenoxy) is 1. The van der Waals surface area contributed by atoms with Crippen molar-refractivity contribution in [3.05, 3.63) is 12.2 Å². The van der Waals surface area contributed by atoms with E-state index in [0.717, 1.165) is 6.61 Å². The predicted molar refractivity (Wildman–Crippen MR) is 35.9 cm³/mol. The molecule has 8 heavy (non-hydrogen) atoms. The van der Waals surface area contributed by atoms with Crippen LogP contribution in [0.3, 0.4) is 0 Å². The largest absolute Gasteiger partial charge is 0.373 e. The van der Waals surface area contributed by atoms with Gasteiger partial charge in [-0.3, -0.25) is 0 Å². The summed E-state index contributed by atoms with van der Waals surface area (Å²) in [5.74, 6) is 0. The van der Waals surface area contributed by atoms with Crippen LogP contribution >= 0.6 is 0 Å². The molecule has 0 aromatic rings. The first kappa shape index (κ1) is 7.70. The molecule has 1 nitrogen and oxygen atoms in total. The molecular formula is C7H14O. The molecule has 0 N–H and O–H groups in total. The molecule has 1 fully saturated rings. The Kier molecular flexibility index (Phi) is 4.67. The maximum Gasteiger partial charge on any atom is 0.0781 e. The lowest BCUT2D eigenvalue weighted by Gasteiger charge is -1.50. The first-order valence-electron chi connectivity index (χ1n) is 3.00. The summed E-state index contributed by atoms with van der Waals surface area (Å²) in [5, 5.41) is 0. The van der Waals surface area contributed by atoms with Crippen molar-refractivity contribution >= 4 is 0 Å².